The predicted octanol–water partition coefficient (Wildman–Crippen LogP) is 0.275. The van der Waals surface area contributed by atoms with Crippen LogP contribution in [-0.4, -0.2) is 42.5 Å². The van der Waals surface area contributed by atoms with Gasteiger partial charge in [-0.15, -0.1) is 0 Å². The van der Waals surface area contributed by atoms with Crippen LogP contribution in [0, 0.1) is 5.92 Å². The summed E-state index contributed by atoms with van der Waals surface area (Å²) in [7, 11) is 0. The van der Waals surface area contributed by atoms with Gasteiger partial charge in [0.1, 0.15) is 5.76 Å². The lowest BCUT2D eigenvalue weighted by Gasteiger charge is -2.17. The molecule has 2 rings (SSSR count). The van der Waals surface area contributed by atoms with Gasteiger partial charge in [-0.1, -0.05) is 0 Å². The van der Waals surface area contributed by atoms with E-state index in [1.54, 1.807) is 12.1 Å². The summed E-state index contributed by atoms with van der Waals surface area (Å²) in [6.45, 7) is 4.10. The molecule has 0 bridgehead atoms. The number of rotatable bonds is 5. The van der Waals surface area contributed by atoms with Crippen molar-refractivity contribution in [3.8, 4) is 0 Å². The molecule has 0 aliphatic carbocycles. The van der Waals surface area contributed by atoms with Crippen LogP contribution in [0.5, 0.6) is 0 Å². The molecule has 0 spiro atoms. The largest absolute Gasteiger partial charge is 0.467 e. The SMILES string of the molecule is CC(N)C1CCN(CC(=O)NC(=O)NCc2ccco2)C1. The summed E-state index contributed by atoms with van der Waals surface area (Å²) in [6.07, 6.45) is 2.53. The molecule has 1 aromatic heterocycles. The number of nitrogens with one attached hydrogen (secondary N) is 2. The highest BCUT2D eigenvalue weighted by molar-refractivity contribution is 5.95. The third-order valence-electron chi connectivity index (χ3n) is 3.68. The highest BCUT2D eigenvalue weighted by Crippen LogP contribution is 2.17. The molecule has 7 nitrogen and oxygen atoms in total. The van der Waals surface area contributed by atoms with E-state index in [4.69, 9.17) is 10.2 Å². The first-order valence-corrected chi connectivity index (χ1v) is 7.12. The molecule has 1 aromatic rings. The van der Waals surface area contributed by atoms with E-state index >= 15 is 0 Å². The van der Waals surface area contributed by atoms with Gasteiger partial charge >= 0.3 is 6.03 Å². The summed E-state index contributed by atoms with van der Waals surface area (Å²) in [5, 5.41) is 4.87. The summed E-state index contributed by atoms with van der Waals surface area (Å²) in [4.78, 5) is 25.4. The minimum absolute atomic E-state index is 0.134. The number of urea groups is 1. The fourth-order valence-electron chi connectivity index (χ4n) is 2.43. The molecule has 1 fully saturated rings. The summed E-state index contributed by atoms with van der Waals surface area (Å²) in [6, 6.07) is 3.11. The van der Waals surface area contributed by atoms with E-state index in [1.165, 1.54) is 6.26 Å². The number of hydrogen-bond donors (Lipinski definition) is 3. The summed E-state index contributed by atoms with van der Waals surface area (Å²) in [5.74, 6) is 0.750. The van der Waals surface area contributed by atoms with Crippen molar-refractivity contribution in [1.29, 1.82) is 0 Å². The Morgan fingerprint density at radius 1 is 1.57 bits per heavy atom. The molecule has 0 aromatic carbocycles. The Morgan fingerprint density at radius 2 is 2.38 bits per heavy atom. The maximum atomic E-state index is 11.8. The van der Waals surface area contributed by atoms with Crippen molar-refractivity contribution in [3.05, 3.63) is 24.2 Å². The number of imide groups is 1. The highest BCUT2D eigenvalue weighted by atomic mass is 16.3. The van der Waals surface area contributed by atoms with Gasteiger partial charge in [-0.3, -0.25) is 15.0 Å². The lowest BCUT2D eigenvalue weighted by atomic mass is 10.0. The van der Waals surface area contributed by atoms with Gasteiger partial charge < -0.3 is 15.5 Å². The molecule has 116 valence electrons. The van der Waals surface area contributed by atoms with E-state index in [2.05, 4.69) is 10.6 Å². The molecule has 21 heavy (non-hydrogen) atoms. The van der Waals surface area contributed by atoms with Crippen LogP contribution in [0.1, 0.15) is 19.1 Å². The molecule has 3 amide bonds. The van der Waals surface area contributed by atoms with Crippen LogP contribution in [0.25, 0.3) is 0 Å². The second kappa shape index (κ2) is 7.24. The van der Waals surface area contributed by atoms with Crippen LogP contribution in [-0.2, 0) is 11.3 Å². The van der Waals surface area contributed by atoms with Gasteiger partial charge in [0.05, 0.1) is 19.4 Å². The Hall–Kier alpha value is -1.86. The Kier molecular flexibility index (Phi) is 5.35. The molecule has 0 radical (unpaired) electrons. The summed E-state index contributed by atoms with van der Waals surface area (Å²) in [5.41, 5.74) is 5.86. The Balaban J connectivity index is 1.66. The van der Waals surface area contributed by atoms with E-state index in [-0.39, 0.29) is 25.0 Å². The minimum Gasteiger partial charge on any atom is -0.467 e. The Bertz CT molecular complexity index is 473. The fourth-order valence-corrected chi connectivity index (χ4v) is 2.43. The fraction of sp³-hybridized carbons (Fsp3) is 0.571. The van der Waals surface area contributed by atoms with Gasteiger partial charge in [-0.25, -0.2) is 4.79 Å². The molecule has 1 aliphatic rings. The van der Waals surface area contributed by atoms with Gasteiger partial charge in [0.15, 0.2) is 0 Å². The van der Waals surface area contributed by atoms with Crippen molar-refractivity contribution >= 4 is 11.9 Å². The van der Waals surface area contributed by atoms with Crippen molar-refractivity contribution < 1.29 is 14.0 Å². The molecular formula is C14H22N4O3. The zero-order chi connectivity index (χ0) is 15.2. The van der Waals surface area contributed by atoms with Gasteiger partial charge in [0.2, 0.25) is 5.91 Å². The average molecular weight is 294 g/mol. The standard InChI is InChI=1S/C14H22N4O3/c1-10(15)11-4-5-18(8-11)9-13(19)17-14(20)16-7-12-3-2-6-21-12/h2-3,6,10-11H,4-5,7-9,15H2,1H3,(H2,16,17,19,20). The number of nitrogens with zero attached hydrogens (tertiary/aromatic N) is 1. The van der Waals surface area contributed by atoms with Crippen molar-refractivity contribution in [2.75, 3.05) is 19.6 Å². The average Bonchev–Trinajstić information content (AvgIpc) is 3.06. The first kappa shape index (κ1) is 15.5. The van der Waals surface area contributed by atoms with Crippen LogP contribution in [0.15, 0.2) is 22.8 Å². The van der Waals surface area contributed by atoms with Gasteiger partial charge in [0, 0.05) is 12.6 Å². The molecule has 1 saturated heterocycles. The summed E-state index contributed by atoms with van der Waals surface area (Å²) >= 11 is 0. The van der Waals surface area contributed by atoms with Crippen LogP contribution in [0.3, 0.4) is 0 Å². The third kappa shape index (κ3) is 4.87. The molecular weight excluding hydrogens is 272 g/mol. The topological polar surface area (TPSA) is 101 Å². The Labute approximate surface area is 123 Å². The predicted molar refractivity (Wildman–Crippen MR) is 77.3 cm³/mol. The quantitative estimate of drug-likeness (QED) is 0.724. The molecule has 2 heterocycles. The smallest absolute Gasteiger partial charge is 0.321 e. The maximum Gasteiger partial charge on any atom is 0.321 e. The monoisotopic (exact) mass is 294 g/mol. The zero-order valence-corrected chi connectivity index (χ0v) is 12.2. The number of hydrogen-bond acceptors (Lipinski definition) is 5. The molecule has 4 N–H and O–H groups in total. The van der Waals surface area contributed by atoms with Gasteiger partial charge in [-0.05, 0) is 37.9 Å². The maximum absolute atomic E-state index is 11.8. The van der Waals surface area contributed by atoms with E-state index in [0.29, 0.717) is 11.7 Å². The molecule has 2 atom stereocenters. The van der Waals surface area contributed by atoms with Crippen molar-refractivity contribution in [1.82, 2.24) is 15.5 Å². The summed E-state index contributed by atoms with van der Waals surface area (Å²) < 4.78 is 5.08. The molecule has 7 heteroatoms. The molecule has 2 unspecified atom stereocenters. The molecule has 0 saturated carbocycles. The second-order valence-electron chi connectivity index (χ2n) is 5.45. The second-order valence-corrected chi connectivity index (χ2v) is 5.45. The van der Waals surface area contributed by atoms with E-state index in [9.17, 15) is 9.59 Å². The van der Waals surface area contributed by atoms with Crippen LogP contribution >= 0.6 is 0 Å². The first-order chi connectivity index (χ1) is 10.0. The van der Waals surface area contributed by atoms with Crippen LogP contribution in [0.2, 0.25) is 0 Å². The van der Waals surface area contributed by atoms with Gasteiger partial charge in [-0.2, -0.15) is 0 Å². The van der Waals surface area contributed by atoms with E-state index < -0.39 is 6.03 Å². The number of carbonyl (C=O) groups excluding carboxylic acids is 2. The van der Waals surface area contributed by atoms with Crippen LogP contribution < -0.4 is 16.4 Å². The van der Waals surface area contributed by atoms with Crippen molar-refractivity contribution in [2.45, 2.75) is 25.9 Å². The lowest BCUT2D eigenvalue weighted by Crippen LogP contribution is -2.44. The van der Waals surface area contributed by atoms with Crippen LogP contribution in [0.4, 0.5) is 4.79 Å². The minimum atomic E-state index is -0.515. The number of likely N-dealkylation sites (tertiary alicyclic amines) is 1. The van der Waals surface area contributed by atoms with E-state index in [0.717, 1.165) is 19.5 Å². The Morgan fingerprint density at radius 3 is 3.00 bits per heavy atom. The number of carbonyl (C=O) groups is 2. The van der Waals surface area contributed by atoms with Crippen molar-refractivity contribution in [2.24, 2.45) is 11.7 Å². The first-order valence-electron chi connectivity index (χ1n) is 7.12. The van der Waals surface area contributed by atoms with E-state index in [1.807, 2.05) is 11.8 Å². The van der Waals surface area contributed by atoms with Gasteiger partial charge in [0.25, 0.3) is 0 Å². The number of furan rings is 1. The normalized spacial score (nSPS) is 20.2. The third-order valence-corrected chi connectivity index (χ3v) is 3.68. The number of amides is 3. The molecule has 1 aliphatic heterocycles. The lowest BCUT2D eigenvalue weighted by molar-refractivity contribution is -0.120. The van der Waals surface area contributed by atoms with Crippen molar-refractivity contribution in [3.63, 3.8) is 0 Å². The number of nitrogens with two attached hydrogens (primary N) is 1. The highest BCUT2D eigenvalue weighted by Gasteiger charge is 2.26. The zero-order valence-electron chi connectivity index (χ0n) is 12.2.